The molecule has 3 heteroatoms. The second-order valence-corrected chi connectivity index (χ2v) is 5.10. The van der Waals surface area contributed by atoms with Crippen LogP contribution >= 0.6 is 0 Å². The summed E-state index contributed by atoms with van der Waals surface area (Å²) in [5, 5.41) is 0. The molecule has 15 heavy (non-hydrogen) atoms. The van der Waals surface area contributed by atoms with E-state index in [0.29, 0.717) is 5.92 Å². The summed E-state index contributed by atoms with van der Waals surface area (Å²) in [5.74, 6) is 5.83. The Kier molecular flexibility index (Phi) is 4.42. The number of hydrogen-bond acceptors (Lipinski definition) is 3. The molecule has 0 atom stereocenters. The molecule has 2 aliphatic rings. The van der Waals surface area contributed by atoms with Crippen LogP contribution in [-0.2, 0) is 4.84 Å². The Morgan fingerprint density at radius 1 is 1.00 bits per heavy atom. The van der Waals surface area contributed by atoms with Gasteiger partial charge in [0.25, 0.3) is 0 Å². The van der Waals surface area contributed by atoms with Gasteiger partial charge in [0.1, 0.15) is 0 Å². The van der Waals surface area contributed by atoms with E-state index in [0.717, 1.165) is 12.6 Å². The molecule has 2 N–H and O–H groups in total. The fourth-order valence-corrected chi connectivity index (χ4v) is 3.07. The van der Waals surface area contributed by atoms with Gasteiger partial charge in [-0.2, -0.15) is 0 Å². The van der Waals surface area contributed by atoms with Crippen LogP contribution in [-0.4, -0.2) is 30.6 Å². The molecule has 0 spiro atoms. The minimum Gasteiger partial charge on any atom is -0.304 e. The summed E-state index contributed by atoms with van der Waals surface area (Å²) >= 11 is 0. The molecule has 2 fully saturated rings. The quantitative estimate of drug-likeness (QED) is 0.726. The molecular weight excluding hydrogens is 188 g/mol. The fourth-order valence-electron chi connectivity index (χ4n) is 3.07. The van der Waals surface area contributed by atoms with Crippen LogP contribution in [0.5, 0.6) is 0 Å². The van der Waals surface area contributed by atoms with Crippen LogP contribution in [0.3, 0.4) is 0 Å². The Morgan fingerprint density at radius 2 is 1.67 bits per heavy atom. The summed E-state index contributed by atoms with van der Waals surface area (Å²) in [6, 6.07) is 0.887. The van der Waals surface area contributed by atoms with Gasteiger partial charge in [-0.3, -0.25) is 0 Å². The van der Waals surface area contributed by atoms with Gasteiger partial charge < -0.3 is 9.74 Å². The highest BCUT2D eigenvalue weighted by molar-refractivity contribution is 4.80. The maximum Gasteiger partial charge on any atom is 0.0708 e. The third-order valence-corrected chi connectivity index (χ3v) is 4.07. The molecule has 0 aromatic heterocycles. The highest BCUT2D eigenvalue weighted by Gasteiger charge is 2.25. The lowest BCUT2D eigenvalue weighted by molar-refractivity contribution is 0.0486. The number of likely N-dealkylation sites (tertiary alicyclic amines) is 1. The summed E-state index contributed by atoms with van der Waals surface area (Å²) in [6.07, 6.45) is 9.73. The standard InChI is InChI=1S/C12H24N2O/c13-15-10-11-6-8-14(9-7-11)12-4-2-1-3-5-12/h11-12H,1-10,13H2. The second kappa shape index (κ2) is 5.83. The zero-order valence-electron chi connectivity index (χ0n) is 9.66. The highest BCUT2D eigenvalue weighted by Crippen LogP contribution is 2.26. The summed E-state index contributed by atoms with van der Waals surface area (Å²) < 4.78 is 0. The Bertz CT molecular complexity index is 172. The first-order chi connectivity index (χ1) is 7.40. The van der Waals surface area contributed by atoms with E-state index in [1.165, 1.54) is 58.0 Å². The minimum absolute atomic E-state index is 0.704. The molecule has 0 unspecified atom stereocenters. The Labute approximate surface area is 92.9 Å². The molecule has 1 saturated heterocycles. The van der Waals surface area contributed by atoms with E-state index in [-0.39, 0.29) is 0 Å². The monoisotopic (exact) mass is 212 g/mol. The predicted molar refractivity (Wildman–Crippen MR) is 61.3 cm³/mol. The molecule has 1 aliphatic carbocycles. The molecule has 1 heterocycles. The van der Waals surface area contributed by atoms with Crippen LogP contribution < -0.4 is 5.90 Å². The van der Waals surface area contributed by atoms with Crippen LogP contribution in [0.15, 0.2) is 0 Å². The van der Waals surface area contributed by atoms with Crippen molar-refractivity contribution in [3.63, 3.8) is 0 Å². The minimum atomic E-state index is 0.704. The van der Waals surface area contributed by atoms with E-state index in [2.05, 4.69) is 4.90 Å². The smallest absolute Gasteiger partial charge is 0.0708 e. The molecule has 1 saturated carbocycles. The van der Waals surface area contributed by atoms with Crippen molar-refractivity contribution in [2.24, 2.45) is 11.8 Å². The molecule has 0 aromatic carbocycles. The van der Waals surface area contributed by atoms with Crippen molar-refractivity contribution in [3.8, 4) is 0 Å². The van der Waals surface area contributed by atoms with Gasteiger partial charge in [-0.25, -0.2) is 5.90 Å². The number of nitrogens with two attached hydrogens (primary N) is 1. The van der Waals surface area contributed by atoms with E-state index in [1.54, 1.807) is 0 Å². The van der Waals surface area contributed by atoms with Crippen LogP contribution in [0.2, 0.25) is 0 Å². The van der Waals surface area contributed by atoms with Crippen molar-refractivity contribution < 1.29 is 4.84 Å². The summed E-state index contributed by atoms with van der Waals surface area (Å²) in [6.45, 7) is 3.27. The van der Waals surface area contributed by atoms with E-state index >= 15 is 0 Å². The molecule has 0 amide bonds. The van der Waals surface area contributed by atoms with E-state index < -0.39 is 0 Å². The van der Waals surface area contributed by atoms with Crippen LogP contribution in [0.4, 0.5) is 0 Å². The van der Waals surface area contributed by atoms with Crippen molar-refractivity contribution in [1.29, 1.82) is 0 Å². The lowest BCUT2D eigenvalue weighted by Gasteiger charge is -2.39. The zero-order chi connectivity index (χ0) is 10.5. The molecule has 0 bridgehead atoms. The third kappa shape index (κ3) is 3.16. The van der Waals surface area contributed by atoms with Gasteiger partial charge in [0.2, 0.25) is 0 Å². The van der Waals surface area contributed by atoms with Gasteiger partial charge in [0.15, 0.2) is 0 Å². The summed E-state index contributed by atoms with van der Waals surface area (Å²) in [4.78, 5) is 7.44. The van der Waals surface area contributed by atoms with Crippen molar-refractivity contribution in [2.75, 3.05) is 19.7 Å². The van der Waals surface area contributed by atoms with Crippen molar-refractivity contribution in [3.05, 3.63) is 0 Å². The van der Waals surface area contributed by atoms with Crippen molar-refractivity contribution in [2.45, 2.75) is 51.0 Å². The molecule has 2 rings (SSSR count). The first-order valence-corrected chi connectivity index (χ1v) is 6.46. The van der Waals surface area contributed by atoms with Gasteiger partial charge in [-0.05, 0) is 44.7 Å². The maximum absolute atomic E-state index is 5.12. The first-order valence-electron chi connectivity index (χ1n) is 6.46. The zero-order valence-corrected chi connectivity index (χ0v) is 9.66. The number of hydrogen-bond donors (Lipinski definition) is 1. The Morgan fingerprint density at radius 3 is 2.27 bits per heavy atom. The molecule has 0 radical (unpaired) electrons. The Balaban J connectivity index is 1.72. The van der Waals surface area contributed by atoms with Gasteiger partial charge in [0.05, 0.1) is 6.61 Å². The lowest BCUT2D eigenvalue weighted by atomic mass is 9.90. The summed E-state index contributed by atoms with van der Waals surface area (Å²) in [5.41, 5.74) is 0. The van der Waals surface area contributed by atoms with Gasteiger partial charge in [-0.1, -0.05) is 19.3 Å². The van der Waals surface area contributed by atoms with Crippen molar-refractivity contribution >= 4 is 0 Å². The van der Waals surface area contributed by atoms with Gasteiger partial charge in [0, 0.05) is 6.04 Å². The second-order valence-electron chi connectivity index (χ2n) is 5.10. The first kappa shape index (κ1) is 11.4. The highest BCUT2D eigenvalue weighted by atomic mass is 16.6. The summed E-state index contributed by atoms with van der Waals surface area (Å²) in [7, 11) is 0. The normalized spacial score (nSPS) is 27.0. The molecule has 88 valence electrons. The van der Waals surface area contributed by atoms with Crippen LogP contribution in [0.1, 0.15) is 44.9 Å². The average molecular weight is 212 g/mol. The van der Waals surface area contributed by atoms with Gasteiger partial charge in [-0.15, -0.1) is 0 Å². The van der Waals surface area contributed by atoms with E-state index in [9.17, 15) is 0 Å². The van der Waals surface area contributed by atoms with Crippen LogP contribution in [0, 0.1) is 5.92 Å². The van der Waals surface area contributed by atoms with Gasteiger partial charge >= 0.3 is 0 Å². The number of nitrogens with zero attached hydrogens (tertiary/aromatic N) is 1. The number of piperidine rings is 1. The number of rotatable bonds is 3. The average Bonchev–Trinajstić information content (AvgIpc) is 2.32. The largest absolute Gasteiger partial charge is 0.304 e. The lowest BCUT2D eigenvalue weighted by Crippen LogP contribution is -2.43. The third-order valence-electron chi connectivity index (χ3n) is 4.07. The molecule has 1 aliphatic heterocycles. The predicted octanol–water partition coefficient (Wildman–Crippen LogP) is 1.92. The van der Waals surface area contributed by atoms with E-state index in [4.69, 9.17) is 10.7 Å². The van der Waals surface area contributed by atoms with Crippen molar-refractivity contribution in [1.82, 2.24) is 4.90 Å². The molecular formula is C12H24N2O. The Hall–Kier alpha value is -0.120. The maximum atomic E-state index is 5.12. The topological polar surface area (TPSA) is 38.5 Å². The van der Waals surface area contributed by atoms with Crippen LogP contribution in [0.25, 0.3) is 0 Å². The molecule has 3 nitrogen and oxygen atoms in total. The fraction of sp³-hybridized carbons (Fsp3) is 1.00. The van der Waals surface area contributed by atoms with E-state index in [1.807, 2.05) is 0 Å². The molecule has 0 aromatic rings. The SMILES string of the molecule is NOCC1CCN(C2CCCCC2)CC1.